The van der Waals surface area contributed by atoms with E-state index in [1.165, 1.54) is 18.0 Å². The summed E-state index contributed by atoms with van der Waals surface area (Å²) in [4.78, 5) is 18.1. The maximum Gasteiger partial charge on any atom is 0.255 e. The van der Waals surface area contributed by atoms with Gasteiger partial charge in [0, 0.05) is 29.1 Å². The van der Waals surface area contributed by atoms with Crippen LogP contribution >= 0.6 is 23.5 Å². The van der Waals surface area contributed by atoms with Crippen LogP contribution in [0.5, 0.6) is 5.75 Å². The second-order valence-corrected chi connectivity index (χ2v) is 7.61. The summed E-state index contributed by atoms with van der Waals surface area (Å²) in [5.74, 6) is 0.326. The number of nitrogens with two attached hydrogens (primary N) is 1. The third-order valence-corrected chi connectivity index (χ3v) is 5.70. The molecule has 0 atom stereocenters. The molecule has 0 saturated carbocycles. The molecule has 3 aliphatic rings. The van der Waals surface area contributed by atoms with Crippen LogP contribution in [0, 0.1) is 0 Å². The second kappa shape index (κ2) is 8.63. The summed E-state index contributed by atoms with van der Waals surface area (Å²) >= 11 is 7.46. The molecule has 0 bridgehead atoms. The first-order valence-corrected chi connectivity index (χ1v) is 10.3. The van der Waals surface area contributed by atoms with Crippen LogP contribution in [0.15, 0.2) is 22.7 Å². The predicted octanol–water partition coefficient (Wildman–Crippen LogP) is 2.35. The highest BCUT2D eigenvalue weighted by atomic mass is 35.5. The molecule has 3 N–H and O–H groups in total. The van der Waals surface area contributed by atoms with Crippen LogP contribution in [-0.4, -0.2) is 51.8 Å². The van der Waals surface area contributed by atoms with Crippen molar-refractivity contribution in [1.29, 1.82) is 0 Å². The lowest BCUT2D eigenvalue weighted by Gasteiger charge is -2.13. The predicted molar refractivity (Wildman–Crippen MR) is 112 cm³/mol. The first-order chi connectivity index (χ1) is 14.9. The normalized spacial score (nSPS) is 13.3. The number of carbonyl (C=O) groups is 1. The fourth-order valence-corrected chi connectivity index (χ4v) is 4.15. The Kier molecular flexibility index (Phi) is 5.92. The van der Waals surface area contributed by atoms with E-state index in [9.17, 15) is 13.6 Å². The Morgan fingerprint density at radius 3 is 3.00 bits per heavy atom. The molecular weight excluding hydrogens is 452 g/mol. The number of carbonyl (C=O) groups excluding carboxylic acids is 1. The summed E-state index contributed by atoms with van der Waals surface area (Å²) in [5, 5.41) is 11.5. The fraction of sp³-hybridized carbons (Fsp3) is 0.278. The number of amidine groups is 1. The Morgan fingerprint density at radius 1 is 1.45 bits per heavy atom. The summed E-state index contributed by atoms with van der Waals surface area (Å²) in [5.41, 5.74) is 8.73. The molecule has 4 rings (SSSR count). The van der Waals surface area contributed by atoms with Crippen molar-refractivity contribution in [2.75, 3.05) is 13.7 Å². The van der Waals surface area contributed by atoms with E-state index < -0.39 is 18.9 Å². The molecule has 9 nitrogen and oxygen atoms in total. The monoisotopic (exact) mass is 467 g/mol. The Hall–Kier alpha value is -2.99. The second-order valence-electron chi connectivity index (χ2n) is 6.50. The number of halogens is 3. The van der Waals surface area contributed by atoms with Gasteiger partial charge in [-0.25, -0.2) is 8.78 Å². The summed E-state index contributed by atoms with van der Waals surface area (Å²) in [7, 11) is 1.50. The molecule has 0 unspecified atom stereocenters. The molecule has 1 aromatic rings. The van der Waals surface area contributed by atoms with Gasteiger partial charge in [0.15, 0.2) is 5.84 Å². The first-order valence-electron chi connectivity index (χ1n) is 8.99. The minimum Gasteiger partial charge on any atom is -0.495 e. The molecule has 31 heavy (non-hydrogen) atoms. The molecule has 1 aromatic heterocycles. The highest BCUT2D eigenvalue weighted by Crippen LogP contribution is 2.37. The van der Waals surface area contributed by atoms with Gasteiger partial charge in [0.25, 0.3) is 12.3 Å². The highest BCUT2D eigenvalue weighted by Gasteiger charge is 2.29. The van der Waals surface area contributed by atoms with Crippen molar-refractivity contribution in [1.82, 2.24) is 25.3 Å². The summed E-state index contributed by atoms with van der Waals surface area (Å²) in [6, 6.07) is 3.16. The lowest BCUT2D eigenvalue weighted by molar-refractivity contribution is 0.0891. The first kappa shape index (κ1) is 21.2. The van der Waals surface area contributed by atoms with Crippen LogP contribution in [0.1, 0.15) is 27.3 Å². The minimum atomic E-state index is -2.65. The SMILES string of the molecule is COc1ccnc(Cn2nc3cc(C(=O)NCC(F)F)c4c-3c(n2)C(N)=NSC4)c1Cl. The molecule has 0 fully saturated rings. The van der Waals surface area contributed by atoms with E-state index in [4.69, 9.17) is 22.1 Å². The average molecular weight is 468 g/mol. The number of aromatic nitrogens is 4. The smallest absolute Gasteiger partial charge is 0.255 e. The number of nitrogens with one attached hydrogen (secondary N) is 1. The largest absolute Gasteiger partial charge is 0.495 e. The molecule has 0 radical (unpaired) electrons. The number of methoxy groups -OCH3 is 1. The fourth-order valence-electron chi connectivity index (χ4n) is 3.19. The summed E-state index contributed by atoms with van der Waals surface area (Å²) in [6.45, 7) is -0.642. The quantitative estimate of drug-likeness (QED) is 0.534. The van der Waals surface area contributed by atoms with Gasteiger partial charge in [0.05, 0.1) is 25.0 Å². The lowest BCUT2D eigenvalue weighted by atomic mass is 10.1. The zero-order valence-corrected chi connectivity index (χ0v) is 17.7. The molecule has 13 heteroatoms. The number of ether oxygens (including phenoxy) is 1. The van der Waals surface area contributed by atoms with E-state index in [0.717, 1.165) is 11.9 Å². The third kappa shape index (κ3) is 4.12. The van der Waals surface area contributed by atoms with E-state index in [2.05, 4.69) is 24.9 Å². The van der Waals surface area contributed by atoms with Crippen molar-refractivity contribution in [2.45, 2.75) is 18.7 Å². The van der Waals surface area contributed by atoms with E-state index >= 15 is 0 Å². The van der Waals surface area contributed by atoms with Crippen molar-refractivity contribution in [3.63, 3.8) is 0 Å². The minimum absolute atomic E-state index is 0.104. The van der Waals surface area contributed by atoms with Gasteiger partial charge in [-0.15, -0.1) is 0 Å². The van der Waals surface area contributed by atoms with Crippen molar-refractivity contribution in [2.24, 2.45) is 10.1 Å². The number of hydrogen-bond acceptors (Lipinski definition) is 8. The number of hydrogen-bond donors (Lipinski definition) is 2. The molecule has 3 heterocycles. The summed E-state index contributed by atoms with van der Waals surface area (Å²) in [6.07, 6.45) is -1.11. The average Bonchev–Trinajstić information content (AvgIpc) is 3.02. The zero-order valence-electron chi connectivity index (χ0n) is 16.1. The third-order valence-electron chi connectivity index (χ3n) is 4.55. The van der Waals surface area contributed by atoms with Crippen LogP contribution in [0.3, 0.4) is 0 Å². The van der Waals surface area contributed by atoms with Gasteiger partial charge >= 0.3 is 0 Å². The maximum absolute atomic E-state index is 12.5. The van der Waals surface area contributed by atoms with Crippen molar-refractivity contribution in [3.05, 3.63) is 45.9 Å². The van der Waals surface area contributed by atoms with Crippen molar-refractivity contribution in [3.8, 4) is 17.0 Å². The van der Waals surface area contributed by atoms with E-state index in [-0.39, 0.29) is 17.9 Å². The van der Waals surface area contributed by atoms with E-state index in [1.54, 1.807) is 12.3 Å². The number of pyridine rings is 1. The van der Waals surface area contributed by atoms with Gasteiger partial charge in [-0.05, 0) is 23.6 Å². The van der Waals surface area contributed by atoms with Crippen LogP contribution in [0.25, 0.3) is 11.3 Å². The van der Waals surface area contributed by atoms with Gasteiger partial charge in [-0.3, -0.25) is 9.78 Å². The van der Waals surface area contributed by atoms with Crippen LogP contribution in [0.2, 0.25) is 5.02 Å². The number of alkyl halides is 2. The van der Waals surface area contributed by atoms with Gasteiger partial charge in [-0.2, -0.15) is 19.4 Å². The Balaban J connectivity index is 1.79. The Bertz CT molecular complexity index is 1150. The molecule has 0 spiro atoms. The molecule has 162 valence electrons. The highest BCUT2D eigenvalue weighted by molar-refractivity contribution is 7.97. The maximum atomic E-state index is 12.5. The number of rotatable bonds is 6. The lowest BCUT2D eigenvalue weighted by Crippen LogP contribution is -2.28. The van der Waals surface area contributed by atoms with Gasteiger partial charge in [0.2, 0.25) is 0 Å². The Morgan fingerprint density at radius 2 is 2.26 bits per heavy atom. The van der Waals surface area contributed by atoms with E-state index in [1.807, 2.05) is 0 Å². The number of nitrogens with zero attached hydrogens (tertiary/aromatic N) is 5. The topological polar surface area (TPSA) is 120 Å². The van der Waals surface area contributed by atoms with Gasteiger partial charge < -0.3 is 15.8 Å². The number of amides is 1. The summed E-state index contributed by atoms with van der Waals surface area (Å²) < 4.78 is 34.5. The van der Waals surface area contributed by atoms with Crippen molar-refractivity contribution < 1.29 is 18.3 Å². The Labute approximate surface area is 184 Å². The van der Waals surface area contributed by atoms with Crippen LogP contribution < -0.4 is 15.8 Å². The molecule has 0 saturated heterocycles. The molecule has 0 aromatic carbocycles. The van der Waals surface area contributed by atoms with Crippen LogP contribution in [-0.2, 0) is 12.3 Å². The van der Waals surface area contributed by atoms with Gasteiger partial charge in [-0.1, -0.05) is 11.6 Å². The molecule has 2 aliphatic heterocycles. The standard InChI is InChI=1S/C18H16ClF2N7O2S/c1-30-12-2-3-23-11(15(12)19)6-28-25-10-4-8(18(29)24-5-13(20)21)9-7-31-27-17(22)16(26-28)14(9)10/h2-4,13H,5-7H2,1H3,(H2,22,27)(H,24,29). The van der Waals surface area contributed by atoms with Gasteiger partial charge in [0.1, 0.15) is 23.0 Å². The zero-order chi connectivity index (χ0) is 22.1. The van der Waals surface area contributed by atoms with E-state index in [0.29, 0.717) is 44.7 Å². The van der Waals surface area contributed by atoms with Crippen molar-refractivity contribution >= 4 is 35.3 Å². The molecular formula is C18H16ClF2N7O2S. The molecule has 1 aliphatic carbocycles. The van der Waals surface area contributed by atoms with Crippen LogP contribution in [0.4, 0.5) is 8.78 Å². The molecule has 1 amide bonds.